The summed E-state index contributed by atoms with van der Waals surface area (Å²) in [6.45, 7) is 3.03. The fourth-order valence-corrected chi connectivity index (χ4v) is 3.09. The molecule has 0 fully saturated rings. The maximum atomic E-state index is 12.6. The summed E-state index contributed by atoms with van der Waals surface area (Å²) in [4.78, 5) is 29.4. The molecule has 0 atom stereocenters. The SMILES string of the molecule is CCOc1ccc(-c2cc(=O)n(CCNC(=O)c3c(OC)cccc3OC)cn2)cc1. The Morgan fingerprint density at radius 3 is 2.32 bits per heavy atom. The van der Waals surface area contributed by atoms with Gasteiger partial charge < -0.3 is 19.5 Å². The Labute approximate surface area is 180 Å². The lowest BCUT2D eigenvalue weighted by Gasteiger charge is -2.13. The Hall–Kier alpha value is -3.81. The van der Waals surface area contributed by atoms with Gasteiger partial charge in [0.25, 0.3) is 11.5 Å². The molecule has 0 saturated heterocycles. The average molecular weight is 423 g/mol. The number of carbonyl (C=O) groups is 1. The number of carbonyl (C=O) groups excluding carboxylic acids is 1. The monoisotopic (exact) mass is 423 g/mol. The summed E-state index contributed by atoms with van der Waals surface area (Å²) in [5.74, 6) is 1.24. The van der Waals surface area contributed by atoms with Crippen molar-refractivity contribution in [1.82, 2.24) is 14.9 Å². The van der Waals surface area contributed by atoms with Crippen molar-refractivity contribution in [2.24, 2.45) is 0 Å². The summed E-state index contributed by atoms with van der Waals surface area (Å²) in [6, 6.07) is 14.0. The maximum Gasteiger partial charge on any atom is 0.258 e. The number of aromatic nitrogens is 2. The van der Waals surface area contributed by atoms with Crippen LogP contribution in [-0.2, 0) is 6.54 Å². The zero-order chi connectivity index (χ0) is 22.2. The number of rotatable bonds is 9. The average Bonchev–Trinajstić information content (AvgIpc) is 2.80. The van der Waals surface area contributed by atoms with Crippen molar-refractivity contribution in [3.8, 4) is 28.5 Å². The standard InChI is InChI=1S/C23H25N3O5/c1-4-31-17-10-8-16(9-11-17)18-14-21(27)26(15-25-18)13-12-24-23(28)22-19(29-2)6-5-7-20(22)30-3/h5-11,14-15H,4,12-13H2,1-3H3,(H,24,28). The van der Waals surface area contributed by atoms with Gasteiger partial charge in [0.05, 0.1) is 32.8 Å². The summed E-state index contributed by atoms with van der Waals surface area (Å²) < 4.78 is 17.4. The molecule has 162 valence electrons. The van der Waals surface area contributed by atoms with Crippen LogP contribution < -0.4 is 25.1 Å². The highest BCUT2D eigenvalue weighted by Crippen LogP contribution is 2.27. The van der Waals surface area contributed by atoms with Crippen molar-refractivity contribution in [1.29, 1.82) is 0 Å². The third-order valence-electron chi connectivity index (χ3n) is 4.63. The van der Waals surface area contributed by atoms with Gasteiger partial charge in [-0.2, -0.15) is 0 Å². The molecule has 0 aliphatic heterocycles. The smallest absolute Gasteiger partial charge is 0.258 e. The summed E-state index contributed by atoms with van der Waals surface area (Å²) in [7, 11) is 2.98. The molecule has 0 saturated carbocycles. The van der Waals surface area contributed by atoms with Gasteiger partial charge in [-0.3, -0.25) is 14.2 Å². The lowest BCUT2D eigenvalue weighted by molar-refractivity contribution is 0.0946. The van der Waals surface area contributed by atoms with Crippen LogP contribution in [0, 0.1) is 0 Å². The van der Waals surface area contributed by atoms with E-state index in [0.717, 1.165) is 11.3 Å². The first kappa shape index (κ1) is 21.9. The first-order valence-electron chi connectivity index (χ1n) is 9.86. The van der Waals surface area contributed by atoms with E-state index in [0.29, 0.717) is 29.4 Å². The predicted molar refractivity (Wildman–Crippen MR) is 117 cm³/mol. The van der Waals surface area contributed by atoms with Gasteiger partial charge in [0.15, 0.2) is 0 Å². The summed E-state index contributed by atoms with van der Waals surface area (Å²) in [5, 5.41) is 2.79. The van der Waals surface area contributed by atoms with Crippen molar-refractivity contribution in [3.05, 3.63) is 70.8 Å². The minimum atomic E-state index is -0.346. The van der Waals surface area contributed by atoms with Crippen molar-refractivity contribution in [2.45, 2.75) is 13.5 Å². The number of nitrogens with one attached hydrogen (secondary N) is 1. The topological polar surface area (TPSA) is 91.7 Å². The van der Waals surface area contributed by atoms with Crippen LogP contribution in [0.3, 0.4) is 0 Å². The third kappa shape index (κ3) is 5.22. The second-order valence-electron chi connectivity index (χ2n) is 6.56. The molecule has 0 bridgehead atoms. The van der Waals surface area contributed by atoms with E-state index in [1.807, 2.05) is 31.2 Å². The lowest BCUT2D eigenvalue weighted by Crippen LogP contribution is -2.31. The molecule has 3 aromatic rings. The van der Waals surface area contributed by atoms with Crippen LogP contribution in [0.15, 0.2) is 59.7 Å². The van der Waals surface area contributed by atoms with Crippen molar-refractivity contribution < 1.29 is 19.0 Å². The van der Waals surface area contributed by atoms with Crippen LogP contribution in [-0.4, -0.2) is 42.8 Å². The molecule has 0 unspecified atom stereocenters. The molecule has 0 radical (unpaired) electrons. The number of ether oxygens (including phenoxy) is 3. The highest BCUT2D eigenvalue weighted by molar-refractivity contribution is 5.99. The summed E-state index contributed by atoms with van der Waals surface area (Å²) in [5.41, 5.74) is 1.50. The number of methoxy groups -OCH3 is 2. The van der Waals surface area contributed by atoms with Crippen LogP contribution in [0.2, 0.25) is 0 Å². The molecular formula is C23H25N3O5. The van der Waals surface area contributed by atoms with Crippen molar-refractivity contribution in [3.63, 3.8) is 0 Å². The minimum Gasteiger partial charge on any atom is -0.496 e. The van der Waals surface area contributed by atoms with E-state index in [1.165, 1.54) is 31.2 Å². The van der Waals surface area contributed by atoms with Crippen molar-refractivity contribution in [2.75, 3.05) is 27.4 Å². The van der Waals surface area contributed by atoms with Gasteiger partial charge in [-0.25, -0.2) is 4.98 Å². The van der Waals surface area contributed by atoms with E-state index < -0.39 is 0 Å². The van der Waals surface area contributed by atoms with E-state index in [9.17, 15) is 9.59 Å². The van der Waals surface area contributed by atoms with Crippen molar-refractivity contribution >= 4 is 5.91 Å². The Morgan fingerprint density at radius 2 is 1.74 bits per heavy atom. The third-order valence-corrected chi connectivity index (χ3v) is 4.63. The fraction of sp³-hybridized carbons (Fsp3) is 0.261. The Kier molecular flexibility index (Phi) is 7.26. The van der Waals surface area contributed by atoms with Gasteiger partial charge in [-0.1, -0.05) is 6.07 Å². The second kappa shape index (κ2) is 10.3. The lowest BCUT2D eigenvalue weighted by atomic mass is 10.1. The highest BCUT2D eigenvalue weighted by Gasteiger charge is 2.17. The summed E-state index contributed by atoms with van der Waals surface area (Å²) in [6.07, 6.45) is 1.48. The van der Waals surface area contributed by atoms with Gasteiger partial charge in [0.1, 0.15) is 22.8 Å². The van der Waals surface area contributed by atoms with Crippen LogP contribution in [0.4, 0.5) is 0 Å². The zero-order valence-electron chi connectivity index (χ0n) is 17.8. The van der Waals surface area contributed by atoms with E-state index in [2.05, 4.69) is 10.3 Å². The molecule has 1 heterocycles. The second-order valence-corrected chi connectivity index (χ2v) is 6.56. The molecule has 0 aliphatic rings. The van der Waals surface area contributed by atoms with E-state index in [4.69, 9.17) is 14.2 Å². The number of hydrogen-bond donors (Lipinski definition) is 1. The summed E-state index contributed by atoms with van der Waals surface area (Å²) >= 11 is 0. The van der Waals surface area contributed by atoms with Gasteiger partial charge >= 0.3 is 0 Å². The fourth-order valence-electron chi connectivity index (χ4n) is 3.09. The molecule has 8 heteroatoms. The Morgan fingerprint density at radius 1 is 1.06 bits per heavy atom. The number of nitrogens with zero attached hydrogens (tertiary/aromatic N) is 2. The molecule has 31 heavy (non-hydrogen) atoms. The molecule has 0 aliphatic carbocycles. The number of amides is 1. The molecular weight excluding hydrogens is 398 g/mol. The van der Waals surface area contributed by atoms with Crippen LogP contribution in [0.5, 0.6) is 17.2 Å². The van der Waals surface area contributed by atoms with E-state index in [1.54, 1.807) is 18.2 Å². The first-order chi connectivity index (χ1) is 15.1. The van der Waals surface area contributed by atoms with E-state index >= 15 is 0 Å². The molecule has 8 nitrogen and oxygen atoms in total. The minimum absolute atomic E-state index is 0.206. The normalized spacial score (nSPS) is 10.4. The largest absolute Gasteiger partial charge is 0.496 e. The predicted octanol–water partition coefficient (Wildman–Crippen LogP) is 2.76. The highest BCUT2D eigenvalue weighted by atomic mass is 16.5. The number of hydrogen-bond acceptors (Lipinski definition) is 6. The van der Waals surface area contributed by atoms with Crippen LogP contribution >= 0.6 is 0 Å². The molecule has 1 aromatic heterocycles. The van der Waals surface area contributed by atoms with Crippen LogP contribution in [0.1, 0.15) is 17.3 Å². The molecule has 0 spiro atoms. The zero-order valence-corrected chi connectivity index (χ0v) is 17.8. The van der Waals surface area contributed by atoms with Gasteiger partial charge in [0, 0.05) is 24.7 Å². The van der Waals surface area contributed by atoms with Gasteiger partial charge in [0.2, 0.25) is 0 Å². The van der Waals surface area contributed by atoms with E-state index in [-0.39, 0.29) is 24.6 Å². The molecule has 1 N–H and O–H groups in total. The quantitative estimate of drug-likeness (QED) is 0.569. The first-order valence-corrected chi connectivity index (χ1v) is 9.86. The Balaban J connectivity index is 1.65. The molecule has 2 aromatic carbocycles. The Bertz CT molecular complexity index is 1070. The number of benzene rings is 2. The van der Waals surface area contributed by atoms with Crippen LogP contribution in [0.25, 0.3) is 11.3 Å². The molecule has 1 amide bonds. The maximum absolute atomic E-state index is 12.6. The van der Waals surface area contributed by atoms with Gasteiger partial charge in [-0.15, -0.1) is 0 Å². The molecule has 3 rings (SSSR count). The van der Waals surface area contributed by atoms with Gasteiger partial charge in [-0.05, 0) is 43.3 Å².